The van der Waals surface area contributed by atoms with E-state index in [1.54, 1.807) is 19.1 Å². The second kappa shape index (κ2) is 10.9. The number of para-hydroxylation sites is 1. The van der Waals surface area contributed by atoms with Crippen molar-refractivity contribution in [1.29, 1.82) is 0 Å². The van der Waals surface area contributed by atoms with Crippen LogP contribution in [0.4, 0.5) is 23.2 Å². The van der Waals surface area contributed by atoms with Gasteiger partial charge in [-0.3, -0.25) is 9.89 Å². The summed E-state index contributed by atoms with van der Waals surface area (Å²) < 4.78 is 65.9. The summed E-state index contributed by atoms with van der Waals surface area (Å²) in [6.07, 6.45) is -0.601. The largest absolute Gasteiger partial charge is 0.463 e. The Morgan fingerprint density at radius 2 is 2.19 bits per heavy atom. The number of rotatable bonds is 6. The molecule has 1 amide bonds. The molecular weight excluding hydrogens is 514 g/mol. The zero-order valence-electron chi connectivity index (χ0n) is 20.3. The van der Waals surface area contributed by atoms with Crippen molar-refractivity contribution in [3.63, 3.8) is 0 Å². The minimum atomic E-state index is -4.58. The molecular formula is C24H25F4N5O3S. The summed E-state index contributed by atoms with van der Waals surface area (Å²) in [6, 6.07) is 4.25. The molecule has 0 radical (unpaired) electrons. The van der Waals surface area contributed by atoms with Crippen LogP contribution in [0.15, 0.2) is 27.5 Å². The number of aromatic amines is 1. The fourth-order valence-corrected chi connectivity index (χ4v) is 4.70. The van der Waals surface area contributed by atoms with Gasteiger partial charge in [-0.05, 0) is 50.2 Å². The van der Waals surface area contributed by atoms with Crippen molar-refractivity contribution in [2.24, 2.45) is 0 Å². The number of benzene rings is 1. The Hall–Kier alpha value is -3.37. The zero-order valence-corrected chi connectivity index (χ0v) is 21.1. The third-order valence-electron chi connectivity index (χ3n) is 5.88. The van der Waals surface area contributed by atoms with E-state index in [-0.39, 0.29) is 64.0 Å². The van der Waals surface area contributed by atoms with Crippen LogP contribution in [-0.2, 0) is 0 Å². The van der Waals surface area contributed by atoms with E-state index >= 15 is 0 Å². The molecule has 2 atom stereocenters. The van der Waals surface area contributed by atoms with Gasteiger partial charge in [-0.1, -0.05) is 12.0 Å². The number of piperidine rings is 1. The maximum Gasteiger partial charge on any atom is 0.446 e. The van der Waals surface area contributed by atoms with Gasteiger partial charge in [0.15, 0.2) is 18.0 Å². The molecule has 1 fully saturated rings. The lowest BCUT2D eigenvalue weighted by atomic mass is 10.0. The maximum absolute atomic E-state index is 14.6. The number of alkyl halides is 4. The summed E-state index contributed by atoms with van der Waals surface area (Å²) in [5.41, 5.74) is -3.31. The number of anilines is 1. The highest BCUT2D eigenvalue weighted by molar-refractivity contribution is 8.00. The number of aromatic nitrogens is 2. The number of ether oxygens (including phenoxy) is 1. The summed E-state index contributed by atoms with van der Waals surface area (Å²) in [5, 5.41) is 12.3. The van der Waals surface area contributed by atoms with E-state index in [4.69, 9.17) is 9.15 Å². The van der Waals surface area contributed by atoms with Crippen molar-refractivity contribution in [2.45, 2.75) is 36.0 Å². The summed E-state index contributed by atoms with van der Waals surface area (Å²) in [5.74, 6) is 4.85. The monoisotopic (exact) mass is 539 g/mol. The first-order valence-electron chi connectivity index (χ1n) is 11.4. The average Bonchev–Trinajstić information content (AvgIpc) is 3.37. The molecule has 0 spiro atoms. The molecule has 198 valence electrons. The van der Waals surface area contributed by atoms with Crippen molar-refractivity contribution in [3.05, 3.63) is 35.2 Å². The van der Waals surface area contributed by atoms with Crippen molar-refractivity contribution in [1.82, 2.24) is 20.4 Å². The third kappa shape index (κ3) is 6.14. The molecule has 1 aliphatic rings. The van der Waals surface area contributed by atoms with Gasteiger partial charge in [0, 0.05) is 31.1 Å². The first-order valence-corrected chi connectivity index (χ1v) is 12.2. The van der Waals surface area contributed by atoms with Gasteiger partial charge in [0.05, 0.1) is 16.6 Å². The van der Waals surface area contributed by atoms with Crippen LogP contribution in [-0.4, -0.2) is 72.5 Å². The number of nitrogens with one attached hydrogen (secondary N) is 3. The van der Waals surface area contributed by atoms with Crippen LogP contribution < -0.4 is 15.4 Å². The molecule has 0 aliphatic carbocycles. The van der Waals surface area contributed by atoms with Gasteiger partial charge in [0.2, 0.25) is 5.88 Å². The average molecular weight is 540 g/mol. The van der Waals surface area contributed by atoms with E-state index in [0.717, 1.165) is 0 Å². The lowest BCUT2D eigenvalue weighted by molar-refractivity contribution is -0.0328. The highest BCUT2D eigenvalue weighted by atomic mass is 32.2. The van der Waals surface area contributed by atoms with Gasteiger partial charge in [-0.2, -0.15) is 13.2 Å². The van der Waals surface area contributed by atoms with E-state index in [1.165, 1.54) is 13.1 Å². The van der Waals surface area contributed by atoms with Gasteiger partial charge >= 0.3 is 5.51 Å². The van der Waals surface area contributed by atoms with E-state index < -0.39 is 17.7 Å². The van der Waals surface area contributed by atoms with Crippen molar-refractivity contribution < 1.29 is 31.5 Å². The standard InChI is InChI=1S/C24H25F4N5O3S/c1-13-19(22(34)29-2)31-32-23(13)35-11-5-8-18-21(37-24(26,27)28)14-6-4-7-17(20(14)36-18)30-16-9-10-33(3)12-15(16)25/h4,6-7,15-16,30H,9-12H2,1-3H3,(H,29,34)(H,31,32)/t15-,16+/m0/s1. The Morgan fingerprint density at radius 3 is 2.89 bits per heavy atom. The van der Waals surface area contributed by atoms with Crippen LogP contribution in [0.5, 0.6) is 5.88 Å². The highest BCUT2D eigenvalue weighted by Crippen LogP contribution is 2.45. The maximum atomic E-state index is 14.6. The molecule has 3 aromatic rings. The predicted molar refractivity (Wildman–Crippen MR) is 132 cm³/mol. The molecule has 8 nitrogen and oxygen atoms in total. The number of fused-ring (bicyclic) bond motifs is 1. The molecule has 1 aromatic carbocycles. The first-order chi connectivity index (χ1) is 17.6. The Labute approximate surface area is 214 Å². The van der Waals surface area contributed by atoms with Crippen LogP contribution in [0.3, 0.4) is 0 Å². The molecule has 0 bridgehead atoms. The molecule has 4 rings (SSSR count). The fraction of sp³-hybridized carbons (Fsp3) is 0.417. The van der Waals surface area contributed by atoms with E-state index in [0.29, 0.717) is 24.2 Å². The number of H-pyrrole nitrogens is 1. The predicted octanol–water partition coefficient (Wildman–Crippen LogP) is 4.32. The number of carbonyl (C=O) groups excluding carboxylic acids is 1. The normalized spacial score (nSPS) is 18.4. The quantitative estimate of drug-likeness (QED) is 0.244. The number of thioether (sulfide) groups is 1. The third-order valence-corrected chi connectivity index (χ3v) is 6.72. The van der Waals surface area contributed by atoms with Crippen LogP contribution in [0.25, 0.3) is 11.0 Å². The van der Waals surface area contributed by atoms with Gasteiger partial charge in [0.25, 0.3) is 5.91 Å². The summed E-state index contributed by atoms with van der Waals surface area (Å²) >= 11 is -0.322. The molecule has 13 heteroatoms. The minimum absolute atomic E-state index is 0.146. The van der Waals surface area contributed by atoms with Crippen molar-refractivity contribution in [2.75, 3.05) is 39.1 Å². The van der Waals surface area contributed by atoms with Gasteiger partial charge in [0.1, 0.15) is 11.9 Å². The second-order valence-electron chi connectivity index (χ2n) is 8.51. The molecule has 0 unspecified atom stereocenters. The van der Waals surface area contributed by atoms with Crippen molar-refractivity contribution >= 4 is 34.3 Å². The molecule has 0 saturated carbocycles. The summed E-state index contributed by atoms with van der Waals surface area (Å²) in [6.45, 7) is 2.38. The van der Waals surface area contributed by atoms with Crippen LogP contribution >= 0.6 is 11.8 Å². The minimum Gasteiger partial charge on any atom is -0.463 e. The summed E-state index contributed by atoms with van der Waals surface area (Å²) in [7, 11) is 3.31. The Balaban J connectivity index is 1.59. The van der Waals surface area contributed by atoms with Gasteiger partial charge < -0.3 is 24.7 Å². The first kappa shape index (κ1) is 26.7. The lowest BCUT2D eigenvalue weighted by Crippen LogP contribution is -2.46. The van der Waals surface area contributed by atoms with Crippen LogP contribution in [0.1, 0.15) is 28.2 Å². The smallest absolute Gasteiger partial charge is 0.446 e. The van der Waals surface area contributed by atoms with Crippen molar-refractivity contribution in [3.8, 4) is 17.7 Å². The SMILES string of the molecule is CNC(=O)c1[nH]nc(OCC#Cc2oc3c(N[C@@H]4CCN(C)C[C@@H]4F)cccc3c2SC(F)(F)F)c1C. The number of furan rings is 1. The number of hydrogen-bond donors (Lipinski definition) is 3. The molecule has 1 aliphatic heterocycles. The Morgan fingerprint density at radius 1 is 1.41 bits per heavy atom. The zero-order chi connectivity index (χ0) is 26.7. The number of likely N-dealkylation sites (tertiary alicyclic amines) is 1. The van der Waals surface area contributed by atoms with E-state index in [9.17, 15) is 22.4 Å². The molecule has 3 N–H and O–H groups in total. The van der Waals surface area contributed by atoms with Gasteiger partial charge in [-0.15, -0.1) is 5.10 Å². The molecule has 2 aromatic heterocycles. The second-order valence-corrected chi connectivity index (χ2v) is 9.58. The Bertz CT molecular complexity index is 1340. The van der Waals surface area contributed by atoms with E-state index in [2.05, 4.69) is 32.7 Å². The van der Waals surface area contributed by atoms with Gasteiger partial charge in [-0.25, -0.2) is 4.39 Å². The number of amides is 1. The van der Waals surface area contributed by atoms with Crippen LogP contribution in [0.2, 0.25) is 0 Å². The number of hydrogen-bond acceptors (Lipinski definition) is 7. The van der Waals surface area contributed by atoms with Crippen LogP contribution in [0, 0.1) is 18.8 Å². The molecule has 3 heterocycles. The van der Waals surface area contributed by atoms with E-state index in [1.807, 2.05) is 11.9 Å². The molecule has 1 saturated heterocycles. The topological polar surface area (TPSA) is 95.4 Å². The summed E-state index contributed by atoms with van der Waals surface area (Å²) in [4.78, 5) is 13.5. The Kier molecular flexibility index (Phi) is 7.89. The highest BCUT2D eigenvalue weighted by Gasteiger charge is 2.34. The fourth-order valence-electron chi connectivity index (χ4n) is 4.02. The number of halogens is 4. The lowest BCUT2D eigenvalue weighted by Gasteiger charge is -2.33. The number of nitrogens with zero attached hydrogens (tertiary/aromatic N) is 2. The molecule has 37 heavy (non-hydrogen) atoms. The number of carbonyl (C=O) groups is 1.